The van der Waals surface area contributed by atoms with E-state index in [1.54, 1.807) is 0 Å². The van der Waals surface area contributed by atoms with Crippen LogP contribution >= 0.6 is 0 Å². The summed E-state index contributed by atoms with van der Waals surface area (Å²) in [5.41, 5.74) is -3.18. The Morgan fingerprint density at radius 2 is 2.32 bits per heavy atom. The van der Waals surface area contributed by atoms with Gasteiger partial charge in [-0.15, -0.1) is 6.58 Å². The van der Waals surface area contributed by atoms with E-state index in [1.807, 2.05) is 4.98 Å². The smallest absolute Gasteiger partial charge is 0.330 e. The SMILES string of the molecule is C=C[C@]1(CO)O[C@@H](n2ccc(=O)[nH]c2=O)[C@H](F)[C@@H]1O. The van der Waals surface area contributed by atoms with Crippen LogP contribution in [-0.2, 0) is 4.74 Å². The van der Waals surface area contributed by atoms with Crippen LogP contribution in [0.5, 0.6) is 0 Å². The Morgan fingerprint density at radius 3 is 2.79 bits per heavy atom. The van der Waals surface area contributed by atoms with E-state index in [0.29, 0.717) is 0 Å². The maximum absolute atomic E-state index is 14.0. The standard InChI is InChI=1S/C11H13FN2O5/c1-2-11(5-15)8(17)7(12)9(19-11)14-4-3-6(16)13-10(14)18/h2-4,7-9,15,17H,1,5H2,(H,13,16,18)/t7-,8+,9-,11-/m1/s1. The van der Waals surface area contributed by atoms with Gasteiger partial charge in [0.15, 0.2) is 12.4 Å². The molecule has 3 N–H and O–H groups in total. The Morgan fingerprint density at radius 1 is 1.63 bits per heavy atom. The summed E-state index contributed by atoms with van der Waals surface area (Å²) >= 11 is 0. The maximum Gasteiger partial charge on any atom is 0.330 e. The summed E-state index contributed by atoms with van der Waals surface area (Å²) in [7, 11) is 0. The highest BCUT2D eigenvalue weighted by Gasteiger charge is 2.54. The van der Waals surface area contributed by atoms with Crippen molar-refractivity contribution in [2.45, 2.75) is 24.1 Å². The van der Waals surface area contributed by atoms with Gasteiger partial charge in [0.1, 0.15) is 11.7 Å². The third kappa shape index (κ3) is 2.03. The molecule has 0 saturated carbocycles. The average Bonchev–Trinajstić information content (AvgIpc) is 2.64. The highest BCUT2D eigenvalue weighted by Crippen LogP contribution is 2.38. The lowest BCUT2D eigenvalue weighted by Gasteiger charge is -2.25. The van der Waals surface area contributed by atoms with Crippen molar-refractivity contribution in [1.29, 1.82) is 0 Å². The van der Waals surface area contributed by atoms with Crippen LogP contribution in [0.15, 0.2) is 34.5 Å². The van der Waals surface area contributed by atoms with Crippen LogP contribution in [0.1, 0.15) is 6.23 Å². The summed E-state index contributed by atoms with van der Waals surface area (Å²) in [6, 6.07) is 1.02. The van der Waals surface area contributed by atoms with E-state index in [2.05, 4.69) is 6.58 Å². The van der Waals surface area contributed by atoms with E-state index in [4.69, 9.17) is 4.74 Å². The number of aromatic nitrogens is 2. The minimum Gasteiger partial charge on any atom is -0.393 e. The molecule has 2 heterocycles. The molecule has 1 aliphatic rings. The van der Waals surface area contributed by atoms with Crippen molar-refractivity contribution < 1.29 is 19.3 Å². The van der Waals surface area contributed by atoms with E-state index in [9.17, 15) is 24.2 Å². The molecule has 1 saturated heterocycles. The molecule has 7 nitrogen and oxygen atoms in total. The van der Waals surface area contributed by atoms with Gasteiger partial charge >= 0.3 is 5.69 Å². The van der Waals surface area contributed by atoms with Gasteiger partial charge < -0.3 is 14.9 Å². The molecule has 4 atom stereocenters. The number of aliphatic hydroxyl groups is 2. The number of aliphatic hydroxyl groups excluding tert-OH is 2. The number of hydrogen-bond donors (Lipinski definition) is 3. The number of hydrogen-bond acceptors (Lipinski definition) is 5. The van der Waals surface area contributed by atoms with Crippen molar-refractivity contribution in [2.75, 3.05) is 6.61 Å². The van der Waals surface area contributed by atoms with Crippen LogP contribution in [0.3, 0.4) is 0 Å². The zero-order valence-corrected chi connectivity index (χ0v) is 9.82. The fourth-order valence-corrected chi connectivity index (χ4v) is 1.99. The third-order valence-corrected chi connectivity index (χ3v) is 3.13. The summed E-state index contributed by atoms with van der Waals surface area (Å²) in [4.78, 5) is 24.4. The van der Waals surface area contributed by atoms with Gasteiger partial charge in [-0.2, -0.15) is 0 Å². The van der Waals surface area contributed by atoms with Gasteiger partial charge in [0.2, 0.25) is 0 Å². The van der Waals surface area contributed by atoms with E-state index >= 15 is 0 Å². The molecule has 0 bridgehead atoms. The second-order valence-electron chi connectivity index (χ2n) is 4.23. The lowest BCUT2D eigenvalue weighted by Crippen LogP contribution is -2.43. The average molecular weight is 272 g/mol. The zero-order valence-electron chi connectivity index (χ0n) is 9.82. The Bertz CT molecular complexity index is 597. The lowest BCUT2D eigenvalue weighted by molar-refractivity contribution is -0.0982. The predicted molar refractivity (Wildman–Crippen MR) is 62.4 cm³/mol. The van der Waals surface area contributed by atoms with Crippen molar-refractivity contribution >= 4 is 0 Å². The van der Waals surface area contributed by atoms with Gasteiger partial charge in [0, 0.05) is 12.3 Å². The first-order valence-electron chi connectivity index (χ1n) is 5.51. The topological polar surface area (TPSA) is 105 Å². The molecule has 19 heavy (non-hydrogen) atoms. The fourth-order valence-electron chi connectivity index (χ4n) is 1.99. The second-order valence-corrected chi connectivity index (χ2v) is 4.23. The first kappa shape index (κ1) is 13.7. The molecule has 1 aromatic rings. The molecule has 1 aliphatic heterocycles. The molecular weight excluding hydrogens is 259 g/mol. The number of halogens is 1. The largest absolute Gasteiger partial charge is 0.393 e. The molecule has 8 heteroatoms. The minimum atomic E-state index is -1.95. The van der Waals surface area contributed by atoms with Crippen molar-refractivity contribution in [3.63, 3.8) is 0 Å². The summed E-state index contributed by atoms with van der Waals surface area (Å²) in [6.07, 6.45) is -2.93. The van der Waals surface area contributed by atoms with Gasteiger partial charge in [-0.1, -0.05) is 6.08 Å². The summed E-state index contributed by atoms with van der Waals surface area (Å²) in [5, 5.41) is 19.0. The van der Waals surface area contributed by atoms with Gasteiger partial charge in [-0.25, -0.2) is 9.18 Å². The number of alkyl halides is 1. The van der Waals surface area contributed by atoms with E-state index in [1.165, 1.54) is 0 Å². The quantitative estimate of drug-likeness (QED) is 0.592. The van der Waals surface area contributed by atoms with Crippen molar-refractivity contribution in [2.24, 2.45) is 0 Å². The number of ether oxygens (including phenoxy) is 1. The molecule has 104 valence electrons. The molecule has 1 aromatic heterocycles. The van der Waals surface area contributed by atoms with Crippen molar-refractivity contribution in [3.8, 4) is 0 Å². The summed E-state index contributed by atoms with van der Waals surface area (Å²) < 4.78 is 20.1. The van der Waals surface area contributed by atoms with E-state index in [-0.39, 0.29) is 0 Å². The molecule has 0 unspecified atom stereocenters. The van der Waals surface area contributed by atoms with Crippen LogP contribution in [0.2, 0.25) is 0 Å². The lowest BCUT2D eigenvalue weighted by atomic mass is 9.97. The molecule has 1 fully saturated rings. The van der Waals surface area contributed by atoms with E-state index < -0.39 is 42.0 Å². The number of aromatic amines is 1. The molecule has 0 amide bonds. The van der Waals surface area contributed by atoms with Crippen LogP contribution in [0.4, 0.5) is 4.39 Å². The predicted octanol–water partition coefficient (Wildman–Crippen LogP) is -1.32. The number of H-pyrrole nitrogens is 1. The van der Waals surface area contributed by atoms with Crippen LogP contribution in [0.25, 0.3) is 0 Å². The number of rotatable bonds is 3. The molecule has 0 spiro atoms. The number of nitrogens with one attached hydrogen (secondary N) is 1. The third-order valence-electron chi connectivity index (χ3n) is 3.13. The highest BCUT2D eigenvalue weighted by atomic mass is 19.1. The van der Waals surface area contributed by atoms with Gasteiger partial charge in [0.05, 0.1) is 6.61 Å². The van der Waals surface area contributed by atoms with Crippen LogP contribution < -0.4 is 11.2 Å². The van der Waals surface area contributed by atoms with Gasteiger partial charge in [0.25, 0.3) is 5.56 Å². The first-order valence-corrected chi connectivity index (χ1v) is 5.51. The summed E-state index contributed by atoms with van der Waals surface area (Å²) in [5.74, 6) is 0. The Kier molecular flexibility index (Phi) is 3.40. The fraction of sp³-hybridized carbons (Fsp3) is 0.455. The Balaban J connectivity index is 2.45. The second kappa shape index (κ2) is 4.72. The van der Waals surface area contributed by atoms with Crippen LogP contribution in [-0.4, -0.2) is 44.2 Å². The maximum atomic E-state index is 14.0. The van der Waals surface area contributed by atoms with Crippen molar-refractivity contribution in [1.82, 2.24) is 9.55 Å². The Labute approximate surface area is 106 Å². The molecule has 0 radical (unpaired) electrons. The molecule has 0 aliphatic carbocycles. The van der Waals surface area contributed by atoms with Gasteiger partial charge in [-0.3, -0.25) is 14.3 Å². The normalized spacial score (nSPS) is 34.4. The van der Waals surface area contributed by atoms with Crippen molar-refractivity contribution in [3.05, 3.63) is 45.8 Å². The molecular formula is C11H13FN2O5. The Hall–Kier alpha value is -1.77. The van der Waals surface area contributed by atoms with Crippen LogP contribution in [0, 0.1) is 0 Å². The van der Waals surface area contributed by atoms with Gasteiger partial charge in [-0.05, 0) is 0 Å². The molecule has 2 rings (SSSR count). The first-order chi connectivity index (χ1) is 8.95. The van der Waals surface area contributed by atoms with E-state index in [0.717, 1.165) is 22.9 Å². The minimum absolute atomic E-state index is 0.632. The zero-order chi connectivity index (χ0) is 14.2. The number of nitrogens with zero attached hydrogens (tertiary/aromatic N) is 1. The highest BCUT2D eigenvalue weighted by molar-refractivity contribution is 5.11. The summed E-state index contributed by atoms with van der Waals surface area (Å²) in [6.45, 7) is 2.69. The molecule has 0 aromatic carbocycles. The monoisotopic (exact) mass is 272 g/mol.